The first-order valence-corrected chi connectivity index (χ1v) is 3.42. The molecule has 0 heterocycles. The van der Waals surface area contributed by atoms with Crippen molar-refractivity contribution in [1.82, 2.24) is 0 Å². The van der Waals surface area contributed by atoms with Gasteiger partial charge in [0, 0.05) is 17.7 Å². The second-order valence-corrected chi connectivity index (χ2v) is 2.58. The van der Waals surface area contributed by atoms with Crippen LogP contribution in [0, 0.1) is 17.5 Å². The molecule has 0 bridgehead atoms. The fourth-order valence-electron chi connectivity index (χ4n) is 0.887. The minimum atomic E-state index is -1.20. The van der Waals surface area contributed by atoms with Gasteiger partial charge in [-0.2, -0.15) is 0 Å². The third-order valence-corrected chi connectivity index (χ3v) is 1.53. The third kappa shape index (κ3) is 2.60. The zero-order chi connectivity index (χ0) is 9.30. The van der Waals surface area contributed by atoms with E-state index in [0.717, 1.165) is 6.07 Å². The van der Waals surface area contributed by atoms with E-state index in [1.807, 2.05) is 0 Å². The van der Waals surface area contributed by atoms with Gasteiger partial charge in [0.05, 0.1) is 0 Å². The molecule has 0 radical (unpaired) electrons. The van der Waals surface area contributed by atoms with Gasteiger partial charge in [-0.3, -0.25) is 0 Å². The van der Waals surface area contributed by atoms with Crippen molar-refractivity contribution in [1.29, 1.82) is 0 Å². The molecular formula is C8H9ClF3N. The molecule has 1 nitrogen and oxygen atoms in total. The molecule has 0 fully saturated rings. The van der Waals surface area contributed by atoms with Crippen LogP contribution < -0.4 is 5.73 Å². The van der Waals surface area contributed by atoms with Crippen molar-refractivity contribution >= 4 is 12.4 Å². The standard InChI is InChI=1S/C8H8F3N.ClH/c1-4(12)5-2-7(10)8(11)3-6(5)9;/h2-4H,12H2,1H3;1H/t4-;/m1./s1. The van der Waals surface area contributed by atoms with Gasteiger partial charge in [-0.15, -0.1) is 12.4 Å². The molecule has 1 aromatic carbocycles. The zero-order valence-corrected chi connectivity index (χ0v) is 7.67. The van der Waals surface area contributed by atoms with Gasteiger partial charge in [0.25, 0.3) is 0 Å². The van der Waals surface area contributed by atoms with Crippen molar-refractivity contribution in [3.05, 3.63) is 35.1 Å². The van der Waals surface area contributed by atoms with Gasteiger partial charge < -0.3 is 5.73 Å². The summed E-state index contributed by atoms with van der Waals surface area (Å²) >= 11 is 0. The molecule has 0 aliphatic rings. The number of benzene rings is 1. The highest BCUT2D eigenvalue weighted by atomic mass is 35.5. The van der Waals surface area contributed by atoms with Crippen molar-refractivity contribution < 1.29 is 13.2 Å². The van der Waals surface area contributed by atoms with Gasteiger partial charge >= 0.3 is 0 Å². The maximum Gasteiger partial charge on any atom is 0.161 e. The fraction of sp³-hybridized carbons (Fsp3) is 0.250. The number of rotatable bonds is 1. The Morgan fingerprint density at radius 2 is 1.54 bits per heavy atom. The summed E-state index contributed by atoms with van der Waals surface area (Å²) in [6.45, 7) is 1.50. The van der Waals surface area contributed by atoms with E-state index in [2.05, 4.69) is 0 Å². The lowest BCUT2D eigenvalue weighted by Crippen LogP contribution is -2.08. The number of hydrogen-bond donors (Lipinski definition) is 1. The van der Waals surface area contributed by atoms with E-state index in [1.165, 1.54) is 6.92 Å². The van der Waals surface area contributed by atoms with Crippen LogP contribution in [0.15, 0.2) is 12.1 Å². The Morgan fingerprint density at radius 1 is 1.08 bits per heavy atom. The van der Waals surface area contributed by atoms with Gasteiger partial charge in [0.1, 0.15) is 5.82 Å². The van der Waals surface area contributed by atoms with Crippen LogP contribution in [0.3, 0.4) is 0 Å². The molecule has 0 spiro atoms. The van der Waals surface area contributed by atoms with E-state index in [1.54, 1.807) is 0 Å². The third-order valence-electron chi connectivity index (χ3n) is 1.53. The Labute approximate surface area is 80.2 Å². The SMILES string of the molecule is C[C@@H](N)c1cc(F)c(F)cc1F.Cl. The maximum atomic E-state index is 12.8. The molecule has 1 atom stereocenters. The van der Waals surface area contributed by atoms with Crippen LogP contribution in [0.1, 0.15) is 18.5 Å². The van der Waals surface area contributed by atoms with E-state index in [-0.39, 0.29) is 18.0 Å². The van der Waals surface area contributed by atoms with Crippen molar-refractivity contribution in [2.24, 2.45) is 5.73 Å². The van der Waals surface area contributed by atoms with E-state index in [0.29, 0.717) is 6.07 Å². The predicted octanol–water partition coefficient (Wildman–Crippen LogP) is 2.55. The molecule has 2 N–H and O–H groups in total. The molecule has 0 unspecified atom stereocenters. The summed E-state index contributed by atoms with van der Waals surface area (Å²) < 4.78 is 37.7. The van der Waals surface area contributed by atoms with E-state index in [9.17, 15) is 13.2 Å². The summed E-state index contributed by atoms with van der Waals surface area (Å²) in [7, 11) is 0. The highest BCUT2D eigenvalue weighted by molar-refractivity contribution is 5.85. The van der Waals surface area contributed by atoms with Crippen LogP contribution >= 0.6 is 12.4 Å². The molecule has 1 rings (SSSR count). The lowest BCUT2D eigenvalue weighted by molar-refractivity contribution is 0.486. The van der Waals surface area contributed by atoms with Crippen LogP contribution in [0.25, 0.3) is 0 Å². The van der Waals surface area contributed by atoms with Crippen LogP contribution in [0.5, 0.6) is 0 Å². The van der Waals surface area contributed by atoms with E-state index < -0.39 is 23.5 Å². The summed E-state index contributed by atoms with van der Waals surface area (Å²) in [5, 5.41) is 0. The summed E-state index contributed by atoms with van der Waals surface area (Å²) in [4.78, 5) is 0. The summed E-state index contributed by atoms with van der Waals surface area (Å²) in [5.74, 6) is -3.09. The number of hydrogen-bond acceptors (Lipinski definition) is 1. The Morgan fingerprint density at radius 3 is 2.00 bits per heavy atom. The highest BCUT2D eigenvalue weighted by Crippen LogP contribution is 2.18. The smallest absolute Gasteiger partial charge is 0.161 e. The maximum absolute atomic E-state index is 12.8. The molecule has 0 amide bonds. The fourth-order valence-corrected chi connectivity index (χ4v) is 0.887. The normalized spacial score (nSPS) is 12.1. The summed E-state index contributed by atoms with van der Waals surface area (Å²) in [6.07, 6.45) is 0. The monoisotopic (exact) mass is 211 g/mol. The first kappa shape index (κ1) is 12.3. The van der Waals surface area contributed by atoms with Crippen molar-refractivity contribution in [3.63, 3.8) is 0 Å². The molecule has 0 aromatic heterocycles. The van der Waals surface area contributed by atoms with Crippen LogP contribution in [0.4, 0.5) is 13.2 Å². The van der Waals surface area contributed by atoms with Gasteiger partial charge in [-0.25, -0.2) is 13.2 Å². The minimum absolute atomic E-state index is 0. The van der Waals surface area contributed by atoms with Gasteiger partial charge in [-0.05, 0) is 13.0 Å². The molecular weight excluding hydrogens is 203 g/mol. The molecule has 0 aliphatic heterocycles. The summed E-state index contributed by atoms with van der Waals surface area (Å²) in [6, 6.07) is 0.628. The van der Waals surface area contributed by atoms with Crippen molar-refractivity contribution in [2.45, 2.75) is 13.0 Å². The molecule has 13 heavy (non-hydrogen) atoms. The van der Waals surface area contributed by atoms with Crippen LogP contribution in [0.2, 0.25) is 0 Å². The largest absolute Gasteiger partial charge is 0.324 e. The zero-order valence-electron chi connectivity index (χ0n) is 6.85. The van der Waals surface area contributed by atoms with E-state index in [4.69, 9.17) is 5.73 Å². The van der Waals surface area contributed by atoms with Crippen LogP contribution in [-0.4, -0.2) is 0 Å². The van der Waals surface area contributed by atoms with Crippen molar-refractivity contribution in [2.75, 3.05) is 0 Å². The molecule has 74 valence electrons. The van der Waals surface area contributed by atoms with Gasteiger partial charge in [0.15, 0.2) is 11.6 Å². The quantitative estimate of drug-likeness (QED) is 0.710. The number of halogens is 4. The second-order valence-electron chi connectivity index (χ2n) is 2.58. The Balaban J connectivity index is 0.00000144. The second kappa shape index (κ2) is 4.48. The summed E-state index contributed by atoms with van der Waals surface area (Å²) in [5.41, 5.74) is 5.28. The molecule has 5 heteroatoms. The van der Waals surface area contributed by atoms with Crippen LogP contribution in [-0.2, 0) is 0 Å². The lowest BCUT2D eigenvalue weighted by atomic mass is 10.1. The van der Waals surface area contributed by atoms with Gasteiger partial charge in [-0.1, -0.05) is 0 Å². The number of nitrogens with two attached hydrogens (primary N) is 1. The highest BCUT2D eigenvalue weighted by Gasteiger charge is 2.11. The lowest BCUT2D eigenvalue weighted by Gasteiger charge is -2.06. The average molecular weight is 212 g/mol. The van der Waals surface area contributed by atoms with Crippen molar-refractivity contribution in [3.8, 4) is 0 Å². The molecule has 1 aromatic rings. The molecule has 0 saturated heterocycles. The first-order valence-electron chi connectivity index (χ1n) is 3.42. The minimum Gasteiger partial charge on any atom is -0.324 e. The topological polar surface area (TPSA) is 26.0 Å². The Bertz CT molecular complexity index is 302. The predicted molar refractivity (Wildman–Crippen MR) is 46.2 cm³/mol. The van der Waals surface area contributed by atoms with Gasteiger partial charge in [0.2, 0.25) is 0 Å². The Hall–Kier alpha value is -0.740. The molecule has 0 saturated carbocycles. The molecule has 0 aliphatic carbocycles. The average Bonchev–Trinajstić information content (AvgIpc) is 1.96. The Kier molecular flexibility index (Phi) is 4.23. The first-order chi connectivity index (χ1) is 5.52. The van der Waals surface area contributed by atoms with E-state index >= 15 is 0 Å².